The summed E-state index contributed by atoms with van der Waals surface area (Å²) in [5.74, 6) is -0.602. The van der Waals surface area contributed by atoms with Crippen LogP contribution in [0.1, 0.15) is 5.56 Å². The summed E-state index contributed by atoms with van der Waals surface area (Å²) in [5.41, 5.74) is 0.837. The van der Waals surface area contributed by atoms with Crippen molar-refractivity contribution in [2.45, 2.75) is 12.6 Å². The molecule has 1 amide bonds. The van der Waals surface area contributed by atoms with Crippen molar-refractivity contribution in [2.24, 2.45) is 0 Å². The Hall–Kier alpha value is -2.08. The summed E-state index contributed by atoms with van der Waals surface area (Å²) in [7, 11) is 1.56. The quantitative estimate of drug-likeness (QED) is 0.858. The molecule has 1 saturated heterocycles. The van der Waals surface area contributed by atoms with Crippen LogP contribution in [0, 0.1) is 0 Å². The van der Waals surface area contributed by atoms with Gasteiger partial charge in [-0.1, -0.05) is 18.2 Å². The van der Waals surface area contributed by atoms with E-state index in [0.717, 1.165) is 5.56 Å². The predicted molar refractivity (Wildman–Crippen MR) is 65.8 cm³/mol. The summed E-state index contributed by atoms with van der Waals surface area (Å²) in [5, 5.41) is 8.92. The van der Waals surface area contributed by atoms with E-state index in [1.54, 1.807) is 13.2 Å². The first-order valence-electron chi connectivity index (χ1n) is 5.86. The van der Waals surface area contributed by atoms with Gasteiger partial charge in [0.2, 0.25) is 5.91 Å². The number of aliphatic carboxylic acids is 1. The summed E-state index contributed by atoms with van der Waals surface area (Å²) >= 11 is 0. The Balaban J connectivity index is 2.12. The van der Waals surface area contributed by atoms with E-state index in [0.29, 0.717) is 12.3 Å². The first-order chi connectivity index (χ1) is 9.11. The lowest BCUT2D eigenvalue weighted by Crippen LogP contribution is -2.49. The molecule has 1 aliphatic heterocycles. The van der Waals surface area contributed by atoms with E-state index in [2.05, 4.69) is 0 Å². The summed E-state index contributed by atoms with van der Waals surface area (Å²) in [6.07, 6.45) is -0.965. The molecule has 2 rings (SSSR count). The number of hydrogen-bond donors (Lipinski definition) is 1. The zero-order valence-corrected chi connectivity index (χ0v) is 10.5. The Bertz CT molecular complexity index is 488. The van der Waals surface area contributed by atoms with Crippen LogP contribution < -0.4 is 4.74 Å². The molecule has 1 heterocycles. The summed E-state index contributed by atoms with van der Waals surface area (Å²) < 4.78 is 10.2. The fraction of sp³-hybridized carbons (Fsp3) is 0.385. The van der Waals surface area contributed by atoms with Crippen LogP contribution in [0.4, 0.5) is 0 Å². The molecule has 0 aromatic heterocycles. The Morgan fingerprint density at radius 2 is 2.26 bits per heavy atom. The molecule has 6 heteroatoms. The number of nitrogens with zero attached hydrogens (tertiary/aromatic N) is 1. The van der Waals surface area contributed by atoms with Gasteiger partial charge in [-0.3, -0.25) is 4.79 Å². The van der Waals surface area contributed by atoms with Crippen molar-refractivity contribution in [3.8, 4) is 5.75 Å². The Morgan fingerprint density at radius 3 is 2.95 bits per heavy atom. The summed E-state index contributed by atoms with van der Waals surface area (Å²) in [6.45, 7) is 0.161. The molecule has 19 heavy (non-hydrogen) atoms. The first-order valence-corrected chi connectivity index (χ1v) is 5.86. The van der Waals surface area contributed by atoms with Crippen molar-refractivity contribution in [3.05, 3.63) is 29.8 Å². The fourth-order valence-electron chi connectivity index (χ4n) is 1.96. The number of benzene rings is 1. The van der Waals surface area contributed by atoms with Gasteiger partial charge in [0.1, 0.15) is 12.4 Å². The van der Waals surface area contributed by atoms with E-state index < -0.39 is 12.1 Å². The lowest BCUT2D eigenvalue weighted by atomic mass is 10.1. The van der Waals surface area contributed by atoms with Crippen LogP contribution in [0.2, 0.25) is 0 Å². The van der Waals surface area contributed by atoms with Crippen LogP contribution >= 0.6 is 0 Å². The lowest BCUT2D eigenvalue weighted by molar-refractivity contribution is -0.165. The Morgan fingerprint density at radius 1 is 1.53 bits per heavy atom. The number of hydrogen-bond acceptors (Lipinski definition) is 4. The standard InChI is InChI=1S/C13H15NO5/c1-18-10-5-3-2-4-9(10)6-14-7-11(13(16)17)19-8-12(14)15/h2-5,11H,6-8H2,1H3,(H,16,17). The number of ether oxygens (including phenoxy) is 2. The van der Waals surface area contributed by atoms with Gasteiger partial charge in [0.05, 0.1) is 13.7 Å². The lowest BCUT2D eigenvalue weighted by Gasteiger charge is -2.31. The van der Waals surface area contributed by atoms with E-state index in [9.17, 15) is 9.59 Å². The third-order valence-corrected chi connectivity index (χ3v) is 2.98. The second-order valence-corrected chi connectivity index (χ2v) is 4.22. The van der Waals surface area contributed by atoms with E-state index in [4.69, 9.17) is 14.6 Å². The second-order valence-electron chi connectivity index (χ2n) is 4.22. The van der Waals surface area contributed by atoms with Crippen molar-refractivity contribution in [1.82, 2.24) is 4.90 Å². The number of carbonyl (C=O) groups excluding carboxylic acids is 1. The van der Waals surface area contributed by atoms with Gasteiger partial charge in [0.15, 0.2) is 6.10 Å². The zero-order chi connectivity index (χ0) is 13.8. The highest BCUT2D eigenvalue weighted by molar-refractivity contribution is 5.81. The Labute approximate surface area is 110 Å². The molecule has 1 aliphatic rings. The third-order valence-electron chi connectivity index (χ3n) is 2.98. The summed E-state index contributed by atoms with van der Waals surface area (Å²) in [6, 6.07) is 7.33. The molecule has 0 spiro atoms. The van der Waals surface area contributed by atoms with Crippen LogP contribution in [0.25, 0.3) is 0 Å². The molecule has 0 bridgehead atoms. The minimum Gasteiger partial charge on any atom is -0.496 e. The van der Waals surface area contributed by atoms with Gasteiger partial charge < -0.3 is 19.5 Å². The maximum Gasteiger partial charge on any atom is 0.334 e. The maximum atomic E-state index is 11.7. The maximum absolute atomic E-state index is 11.7. The van der Waals surface area contributed by atoms with Crippen LogP contribution in [-0.4, -0.2) is 48.2 Å². The minimum absolute atomic E-state index is 0.0478. The van der Waals surface area contributed by atoms with E-state index in [1.807, 2.05) is 18.2 Å². The highest BCUT2D eigenvalue weighted by atomic mass is 16.5. The predicted octanol–water partition coefficient (Wildman–Crippen LogP) is 0.507. The first kappa shape index (κ1) is 13.4. The normalized spacial score (nSPS) is 19.3. The van der Waals surface area contributed by atoms with Crippen molar-refractivity contribution in [1.29, 1.82) is 0 Å². The molecule has 6 nitrogen and oxygen atoms in total. The fourth-order valence-corrected chi connectivity index (χ4v) is 1.96. The average molecular weight is 265 g/mol. The topological polar surface area (TPSA) is 76.1 Å². The van der Waals surface area contributed by atoms with E-state index >= 15 is 0 Å². The number of carboxylic acid groups (broad SMARTS) is 1. The highest BCUT2D eigenvalue weighted by Crippen LogP contribution is 2.20. The van der Waals surface area contributed by atoms with Crippen LogP contribution in [0.5, 0.6) is 5.75 Å². The van der Waals surface area contributed by atoms with Crippen LogP contribution in [0.15, 0.2) is 24.3 Å². The van der Waals surface area contributed by atoms with Gasteiger partial charge in [-0.15, -0.1) is 0 Å². The molecular formula is C13H15NO5. The minimum atomic E-state index is -1.06. The number of carboxylic acids is 1. The number of amides is 1. The van der Waals surface area contributed by atoms with Crippen molar-refractivity contribution < 1.29 is 24.2 Å². The van der Waals surface area contributed by atoms with Gasteiger partial charge in [-0.25, -0.2) is 4.79 Å². The van der Waals surface area contributed by atoms with Gasteiger partial charge >= 0.3 is 5.97 Å². The SMILES string of the molecule is COc1ccccc1CN1CC(C(=O)O)OCC1=O. The van der Waals surface area contributed by atoms with Gasteiger partial charge in [-0.05, 0) is 6.07 Å². The molecule has 1 aromatic rings. The zero-order valence-electron chi connectivity index (χ0n) is 10.5. The monoisotopic (exact) mass is 265 g/mol. The molecular weight excluding hydrogens is 250 g/mol. The molecule has 0 radical (unpaired) electrons. The van der Waals surface area contributed by atoms with E-state index in [-0.39, 0.29) is 19.1 Å². The smallest absolute Gasteiger partial charge is 0.334 e. The van der Waals surface area contributed by atoms with Crippen LogP contribution in [-0.2, 0) is 20.9 Å². The third kappa shape index (κ3) is 3.03. The molecule has 1 atom stereocenters. The summed E-state index contributed by atoms with van der Waals surface area (Å²) in [4.78, 5) is 24.1. The van der Waals surface area contributed by atoms with Crippen molar-refractivity contribution >= 4 is 11.9 Å². The number of para-hydroxylation sites is 1. The molecule has 1 aromatic carbocycles. The number of morpholine rings is 1. The molecule has 1 unspecified atom stereocenters. The molecule has 1 N–H and O–H groups in total. The van der Waals surface area contributed by atoms with Crippen molar-refractivity contribution in [2.75, 3.05) is 20.3 Å². The number of methoxy groups -OCH3 is 1. The molecule has 102 valence electrons. The largest absolute Gasteiger partial charge is 0.496 e. The van der Waals surface area contributed by atoms with Gasteiger partial charge in [0.25, 0.3) is 0 Å². The molecule has 1 fully saturated rings. The van der Waals surface area contributed by atoms with Crippen LogP contribution in [0.3, 0.4) is 0 Å². The van der Waals surface area contributed by atoms with E-state index in [1.165, 1.54) is 4.90 Å². The van der Waals surface area contributed by atoms with Crippen molar-refractivity contribution in [3.63, 3.8) is 0 Å². The highest BCUT2D eigenvalue weighted by Gasteiger charge is 2.31. The number of carbonyl (C=O) groups is 2. The Kier molecular flexibility index (Phi) is 4.01. The van der Waals surface area contributed by atoms with Gasteiger partial charge in [-0.2, -0.15) is 0 Å². The molecule has 0 aliphatic carbocycles. The average Bonchev–Trinajstić information content (AvgIpc) is 2.41. The van der Waals surface area contributed by atoms with Gasteiger partial charge in [0, 0.05) is 12.1 Å². The number of rotatable bonds is 4. The second kappa shape index (κ2) is 5.71. The molecule has 0 saturated carbocycles.